The van der Waals surface area contributed by atoms with Gasteiger partial charge in [0.15, 0.2) is 0 Å². The number of hydrogen-bond acceptors (Lipinski definition) is 2. The number of amides is 1. The van der Waals surface area contributed by atoms with Gasteiger partial charge in [-0.25, -0.2) is 4.79 Å². The standard InChI is InChI=1S/C13H18N2O2/c1-14(2)9-12-7-10-5-3-4-6-11(10)8-15(12)13(16)17/h3-6,12H,7-9H2,1-2H3,(H,16,17)/t12-/m0/s1. The Labute approximate surface area is 101 Å². The second-order valence-corrected chi connectivity index (χ2v) is 4.80. The Kier molecular flexibility index (Phi) is 3.33. The zero-order valence-electron chi connectivity index (χ0n) is 10.3. The first-order valence-corrected chi connectivity index (χ1v) is 5.79. The zero-order chi connectivity index (χ0) is 12.4. The van der Waals surface area contributed by atoms with Crippen LogP contribution >= 0.6 is 0 Å². The van der Waals surface area contributed by atoms with Crippen molar-refractivity contribution >= 4 is 6.09 Å². The summed E-state index contributed by atoms with van der Waals surface area (Å²) in [6.45, 7) is 1.27. The Balaban J connectivity index is 2.24. The van der Waals surface area contributed by atoms with E-state index in [1.807, 2.05) is 37.2 Å². The van der Waals surface area contributed by atoms with Gasteiger partial charge < -0.3 is 10.0 Å². The van der Waals surface area contributed by atoms with Crippen molar-refractivity contribution in [3.8, 4) is 0 Å². The summed E-state index contributed by atoms with van der Waals surface area (Å²) in [4.78, 5) is 14.8. The van der Waals surface area contributed by atoms with Crippen LogP contribution in [0.4, 0.5) is 4.79 Å². The number of fused-ring (bicyclic) bond motifs is 1. The molecule has 1 aliphatic rings. The number of benzene rings is 1. The maximum Gasteiger partial charge on any atom is 0.407 e. The van der Waals surface area contributed by atoms with E-state index in [1.165, 1.54) is 5.56 Å². The van der Waals surface area contributed by atoms with Crippen LogP contribution in [0.15, 0.2) is 24.3 Å². The van der Waals surface area contributed by atoms with Crippen LogP contribution in [0.5, 0.6) is 0 Å². The van der Waals surface area contributed by atoms with Gasteiger partial charge in [0.2, 0.25) is 0 Å². The summed E-state index contributed by atoms with van der Waals surface area (Å²) in [6, 6.07) is 8.14. The third kappa shape index (κ3) is 2.58. The van der Waals surface area contributed by atoms with Crippen molar-refractivity contribution in [2.75, 3.05) is 20.6 Å². The Morgan fingerprint density at radius 3 is 2.65 bits per heavy atom. The van der Waals surface area contributed by atoms with Gasteiger partial charge in [-0.05, 0) is 31.6 Å². The first-order valence-electron chi connectivity index (χ1n) is 5.79. The molecule has 1 aliphatic heterocycles. The van der Waals surface area contributed by atoms with Crippen molar-refractivity contribution < 1.29 is 9.90 Å². The minimum atomic E-state index is -0.827. The number of carbonyl (C=O) groups is 1. The van der Waals surface area contributed by atoms with E-state index in [2.05, 4.69) is 6.07 Å². The van der Waals surface area contributed by atoms with Crippen LogP contribution in [0.1, 0.15) is 11.1 Å². The summed E-state index contributed by atoms with van der Waals surface area (Å²) >= 11 is 0. The topological polar surface area (TPSA) is 43.8 Å². The highest BCUT2D eigenvalue weighted by atomic mass is 16.4. The average molecular weight is 234 g/mol. The number of likely N-dealkylation sites (N-methyl/N-ethyl adjacent to an activating group) is 1. The molecule has 0 aromatic heterocycles. The third-order valence-corrected chi connectivity index (χ3v) is 3.18. The van der Waals surface area contributed by atoms with Crippen molar-refractivity contribution in [1.82, 2.24) is 9.80 Å². The molecule has 4 nitrogen and oxygen atoms in total. The first-order chi connectivity index (χ1) is 8.08. The first kappa shape index (κ1) is 11.9. The molecule has 1 aromatic carbocycles. The predicted molar refractivity (Wildman–Crippen MR) is 66.1 cm³/mol. The fourth-order valence-electron chi connectivity index (χ4n) is 2.40. The lowest BCUT2D eigenvalue weighted by molar-refractivity contribution is 0.104. The van der Waals surface area contributed by atoms with E-state index in [0.717, 1.165) is 18.5 Å². The van der Waals surface area contributed by atoms with Gasteiger partial charge in [-0.15, -0.1) is 0 Å². The van der Waals surface area contributed by atoms with Crippen LogP contribution < -0.4 is 0 Å². The second-order valence-electron chi connectivity index (χ2n) is 4.80. The Morgan fingerprint density at radius 1 is 1.41 bits per heavy atom. The Bertz CT molecular complexity index is 418. The molecule has 1 aromatic rings. The van der Waals surface area contributed by atoms with Crippen LogP contribution in [0, 0.1) is 0 Å². The van der Waals surface area contributed by atoms with Crippen molar-refractivity contribution in [1.29, 1.82) is 0 Å². The number of hydrogen-bond donors (Lipinski definition) is 1. The molecule has 0 radical (unpaired) electrons. The monoisotopic (exact) mass is 234 g/mol. The summed E-state index contributed by atoms with van der Waals surface area (Å²) < 4.78 is 0. The highest BCUT2D eigenvalue weighted by Gasteiger charge is 2.29. The molecule has 1 amide bonds. The van der Waals surface area contributed by atoms with Gasteiger partial charge in [-0.2, -0.15) is 0 Å². The van der Waals surface area contributed by atoms with Crippen molar-refractivity contribution in [2.24, 2.45) is 0 Å². The van der Waals surface area contributed by atoms with E-state index >= 15 is 0 Å². The smallest absolute Gasteiger partial charge is 0.407 e. The Morgan fingerprint density at radius 2 is 2.06 bits per heavy atom. The van der Waals surface area contributed by atoms with Crippen LogP contribution in [0.2, 0.25) is 0 Å². The lowest BCUT2D eigenvalue weighted by atomic mass is 9.94. The van der Waals surface area contributed by atoms with Crippen LogP contribution in [0.3, 0.4) is 0 Å². The molecular weight excluding hydrogens is 216 g/mol. The number of nitrogens with zero attached hydrogens (tertiary/aromatic N) is 2. The van der Waals surface area contributed by atoms with Gasteiger partial charge >= 0.3 is 6.09 Å². The molecule has 0 bridgehead atoms. The lowest BCUT2D eigenvalue weighted by Crippen LogP contribution is -2.48. The van der Waals surface area contributed by atoms with Gasteiger partial charge in [0.25, 0.3) is 0 Å². The molecule has 4 heteroatoms. The van der Waals surface area contributed by atoms with Gasteiger partial charge in [0.1, 0.15) is 0 Å². The summed E-state index contributed by atoms with van der Waals surface area (Å²) in [5, 5.41) is 9.25. The van der Waals surface area contributed by atoms with Crippen LogP contribution in [-0.4, -0.2) is 47.7 Å². The third-order valence-electron chi connectivity index (χ3n) is 3.18. The van der Waals surface area contributed by atoms with Gasteiger partial charge in [-0.1, -0.05) is 24.3 Å². The molecular formula is C13H18N2O2. The van der Waals surface area contributed by atoms with E-state index < -0.39 is 6.09 Å². The number of carboxylic acid groups (broad SMARTS) is 1. The molecule has 17 heavy (non-hydrogen) atoms. The molecule has 0 saturated heterocycles. The van der Waals surface area contributed by atoms with Crippen molar-refractivity contribution in [3.05, 3.63) is 35.4 Å². The molecule has 1 heterocycles. The summed E-state index contributed by atoms with van der Waals surface area (Å²) in [5.74, 6) is 0. The van der Waals surface area contributed by atoms with Gasteiger partial charge in [0, 0.05) is 13.1 Å². The molecule has 92 valence electrons. The SMILES string of the molecule is CN(C)C[C@@H]1Cc2ccccc2CN1C(=O)O. The maximum absolute atomic E-state index is 11.3. The normalized spacial score (nSPS) is 19.2. The van der Waals surface area contributed by atoms with Gasteiger partial charge in [0.05, 0.1) is 6.04 Å². The van der Waals surface area contributed by atoms with Crippen LogP contribution in [0.25, 0.3) is 0 Å². The molecule has 0 spiro atoms. The van der Waals surface area contributed by atoms with Crippen molar-refractivity contribution in [2.45, 2.75) is 19.0 Å². The average Bonchev–Trinajstić information content (AvgIpc) is 2.27. The minimum Gasteiger partial charge on any atom is -0.465 e. The highest BCUT2D eigenvalue weighted by Crippen LogP contribution is 2.23. The maximum atomic E-state index is 11.3. The van der Waals surface area contributed by atoms with Gasteiger partial charge in [-0.3, -0.25) is 4.90 Å². The molecule has 0 unspecified atom stereocenters. The zero-order valence-corrected chi connectivity index (χ0v) is 10.3. The quantitative estimate of drug-likeness (QED) is 0.846. The molecule has 1 atom stereocenters. The Hall–Kier alpha value is -1.55. The van der Waals surface area contributed by atoms with E-state index in [9.17, 15) is 9.90 Å². The molecule has 0 fully saturated rings. The second kappa shape index (κ2) is 4.75. The fraction of sp³-hybridized carbons (Fsp3) is 0.462. The molecule has 1 N–H and O–H groups in total. The van der Waals surface area contributed by atoms with E-state index in [4.69, 9.17) is 0 Å². The minimum absolute atomic E-state index is 0.0531. The summed E-state index contributed by atoms with van der Waals surface area (Å²) in [6.07, 6.45) is -0.0212. The van der Waals surface area contributed by atoms with E-state index in [0.29, 0.717) is 6.54 Å². The molecule has 0 aliphatic carbocycles. The molecule has 2 rings (SSSR count). The van der Waals surface area contributed by atoms with E-state index in [-0.39, 0.29) is 6.04 Å². The molecule has 0 saturated carbocycles. The summed E-state index contributed by atoms with van der Waals surface area (Å²) in [7, 11) is 3.95. The van der Waals surface area contributed by atoms with Crippen molar-refractivity contribution in [3.63, 3.8) is 0 Å². The predicted octanol–water partition coefficient (Wildman–Crippen LogP) is 1.65. The lowest BCUT2D eigenvalue weighted by Gasteiger charge is -2.36. The largest absolute Gasteiger partial charge is 0.465 e. The fourth-order valence-corrected chi connectivity index (χ4v) is 2.40. The summed E-state index contributed by atoms with van der Waals surface area (Å²) in [5.41, 5.74) is 2.40. The highest BCUT2D eigenvalue weighted by molar-refractivity contribution is 5.66. The number of rotatable bonds is 2. The van der Waals surface area contributed by atoms with Crippen LogP contribution in [-0.2, 0) is 13.0 Å². The van der Waals surface area contributed by atoms with E-state index in [1.54, 1.807) is 4.90 Å².